The zero-order chi connectivity index (χ0) is 28.6. The van der Waals surface area contributed by atoms with E-state index >= 15 is 0 Å². The van der Waals surface area contributed by atoms with E-state index in [1.165, 1.54) is 19.1 Å². The maximum atomic E-state index is 14.3. The number of esters is 1. The van der Waals surface area contributed by atoms with Gasteiger partial charge in [-0.3, -0.25) is 19.7 Å². The molecule has 4 aromatic rings. The standard InChI is InChI=1S/C30H20ClFN2O7/c1-14-25(34(37)38)28(41-33-14)23-24(16-6-2-4-8-20(16)31)30(19-7-3-5-9-22(19)40-29(30)36)13-18-26(35)17-12-15(32)10-11-21(17)39-27(18)23/h2-12,18,23-24,27H,13H2,1H3/t18-,23-,24-,27-,30-/m1/s1. The van der Waals surface area contributed by atoms with Crippen LogP contribution in [0.4, 0.5) is 10.1 Å². The lowest BCUT2D eigenvalue weighted by atomic mass is 9.52. The van der Waals surface area contributed by atoms with Gasteiger partial charge in [0.15, 0.2) is 11.5 Å². The van der Waals surface area contributed by atoms with E-state index < -0.39 is 51.8 Å². The molecule has 0 bridgehead atoms. The average molecular weight is 575 g/mol. The van der Waals surface area contributed by atoms with Crippen LogP contribution < -0.4 is 9.47 Å². The molecule has 0 radical (unpaired) electrons. The fraction of sp³-hybridized carbons (Fsp3) is 0.233. The molecule has 5 atom stereocenters. The first kappa shape index (κ1) is 25.4. The first-order valence-electron chi connectivity index (χ1n) is 12.9. The second kappa shape index (κ2) is 8.97. The van der Waals surface area contributed by atoms with Crippen LogP contribution >= 0.6 is 11.6 Å². The topological polar surface area (TPSA) is 122 Å². The zero-order valence-electron chi connectivity index (χ0n) is 21.4. The molecule has 41 heavy (non-hydrogen) atoms. The van der Waals surface area contributed by atoms with Crippen molar-refractivity contribution in [1.29, 1.82) is 0 Å². The number of para-hydroxylation sites is 1. The minimum Gasteiger partial charge on any atom is -0.488 e. The molecule has 11 heteroatoms. The molecule has 1 fully saturated rings. The lowest BCUT2D eigenvalue weighted by Gasteiger charge is -2.51. The Hall–Kier alpha value is -4.57. The van der Waals surface area contributed by atoms with Gasteiger partial charge in [0.05, 0.1) is 22.3 Å². The molecule has 0 saturated heterocycles. The number of carbonyl (C=O) groups excluding carboxylic acids is 2. The monoisotopic (exact) mass is 574 g/mol. The fourth-order valence-corrected chi connectivity index (χ4v) is 7.15. The first-order chi connectivity index (χ1) is 19.7. The summed E-state index contributed by atoms with van der Waals surface area (Å²) in [6, 6.07) is 17.3. The number of benzene rings is 3. The Balaban J connectivity index is 1.57. The van der Waals surface area contributed by atoms with Gasteiger partial charge >= 0.3 is 11.7 Å². The summed E-state index contributed by atoms with van der Waals surface area (Å²) in [5, 5.41) is 16.5. The highest BCUT2D eigenvalue weighted by Gasteiger charge is 2.67. The summed E-state index contributed by atoms with van der Waals surface area (Å²) >= 11 is 6.77. The van der Waals surface area contributed by atoms with Crippen molar-refractivity contribution in [1.82, 2.24) is 5.16 Å². The second-order valence-electron chi connectivity index (χ2n) is 10.5. The van der Waals surface area contributed by atoms with Gasteiger partial charge in [0.2, 0.25) is 5.76 Å². The molecule has 0 N–H and O–H groups in total. The SMILES string of the molecule is Cc1noc([C@H]2[C@@H]3Oc4ccc(F)cc4C(=O)[C@H]3C[C@]3(C(=O)Oc4ccccc43)[C@@H]2c2ccccc2Cl)c1[N+](=O)[O-]. The highest BCUT2D eigenvalue weighted by molar-refractivity contribution is 6.31. The van der Waals surface area contributed by atoms with Crippen molar-refractivity contribution < 1.29 is 32.9 Å². The van der Waals surface area contributed by atoms with Crippen molar-refractivity contribution in [3.05, 3.63) is 116 Å². The molecule has 9 nitrogen and oxygen atoms in total. The third kappa shape index (κ3) is 3.50. The summed E-state index contributed by atoms with van der Waals surface area (Å²) in [5.41, 5.74) is -0.849. The number of Topliss-reactive ketones (excluding diaryl/α,β-unsaturated/α-hetero) is 1. The third-order valence-electron chi connectivity index (χ3n) is 8.51. The molecule has 0 unspecified atom stereocenters. The van der Waals surface area contributed by atoms with E-state index in [4.69, 9.17) is 25.6 Å². The van der Waals surface area contributed by atoms with Crippen LogP contribution in [0.2, 0.25) is 5.02 Å². The number of hydrogen-bond acceptors (Lipinski definition) is 8. The second-order valence-corrected chi connectivity index (χ2v) is 10.9. The quantitative estimate of drug-likeness (QED) is 0.125. The van der Waals surface area contributed by atoms with Crippen molar-refractivity contribution in [2.45, 2.75) is 36.7 Å². The predicted octanol–water partition coefficient (Wildman–Crippen LogP) is 6.07. The maximum Gasteiger partial charge on any atom is 0.334 e. The van der Waals surface area contributed by atoms with E-state index in [1.807, 2.05) is 0 Å². The van der Waals surface area contributed by atoms with E-state index in [2.05, 4.69) is 5.16 Å². The normalized spacial score (nSPS) is 26.1. The van der Waals surface area contributed by atoms with Gasteiger partial charge in [-0.05, 0) is 49.2 Å². The van der Waals surface area contributed by atoms with Crippen LogP contribution in [0.25, 0.3) is 0 Å². The van der Waals surface area contributed by atoms with Gasteiger partial charge in [-0.15, -0.1) is 0 Å². The van der Waals surface area contributed by atoms with Gasteiger partial charge < -0.3 is 14.0 Å². The summed E-state index contributed by atoms with van der Waals surface area (Å²) < 4.78 is 32.1. The molecule has 1 aromatic heterocycles. The number of rotatable bonds is 3. The summed E-state index contributed by atoms with van der Waals surface area (Å²) in [4.78, 5) is 39.9. The van der Waals surface area contributed by atoms with Crippen LogP contribution in [-0.4, -0.2) is 27.9 Å². The lowest BCUT2D eigenvalue weighted by Crippen LogP contribution is -2.57. The van der Waals surface area contributed by atoms with Gasteiger partial charge in [0, 0.05) is 16.5 Å². The van der Waals surface area contributed by atoms with Gasteiger partial charge in [0.25, 0.3) is 0 Å². The molecule has 7 rings (SSSR count). The van der Waals surface area contributed by atoms with Crippen LogP contribution in [0.3, 0.4) is 0 Å². The van der Waals surface area contributed by atoms with Gasteiger partial charge in [0.1, 0.15) is 28.8 Å². The number of aryl methyl sites for hydroxylation is 1. The number of fused-ring (bicyclic) bond motifs is 4. The van der Waals surface area contributed by atoms with Gasteiger partial charge in [-0.25, -0.2) is 4.39 Å². The van der Waals surface area contributed by atoms with Crippen LogP contribution in [0.5, 0.6) is 11.5 Å². The lowest BCUT2D eigenvalue weighted by molar-refractivity contribution is -0.387. The number of halogens is 2. The zero-order valence-corrected chi connectivity index (χ0v) is 22.1. The first-order valence-corrected chi connectivity index (χ1v) is 13.3. The minimum absolute atomic E-state index is 0.0260. The molecule has 2 aliphatic heterocycles. The van der Waals surface area contributed by atoms with Crippen molar-refractivity contribution in [2.75, 3.05) is 0 Å². The molecule has 0 amide bonds. The Labute approximate surface area is 237 Å². The van der Waals surface area contributed by atoms with Gasteiger partial charge in [-0.2, -0.15) is 0 Å². The van der Waals surface area contributed by atoms with E-state index in [0.29, 0.717) is 21.9 Å². The Bertz CT molecular complexity index is 1790. The molecule has 1 saturated carbocycles. The molecule has 206 valence electrons. The number of ketones is 1. The Morgan fingerprint density at radius 1 is 1.07 bits per heavy atom. The maximum absolute atomic E-state index is 14.3. The number of nitro groups is 1. The highest BCUT2D eigenvalue weighted by Crippen LogP contribution is 2.64. The molecule has 1 spiro atoms. The van der Waals surface area contributed by atoms with E-state index in [9.17, 15) is 24.1 Å². The van der Waals surface area contributed by atoms with Crippen LogP contribution in [0, 0.1) is 28.8 Å². The molecule has 3 heterocycles. The average Bonchev–Trinajstić information content (AvgIpc) is 3.47. The Kier molecular flexibility index (Phi) is 5.56. The molecular weight excluding hydrogens is 555 g/mol. The minimum atomic E-state index is -1.52. The third-order valence-corrected chi connectivity index (χ3v) is 8.85. The number of ether oxygens (including phenoxy) is 2. The van der Waals surface area contributed by atoms with E-state index in [1.54, 1.807) is 48.5 Å². The smallest absolute Gasteiger partial charge is 0.334 e. The van der Waals surface area contributed by atoms with Gasteiger partial charge in [-0.1, -0.05) is 53.2 Å². The summed E-state index contributed by atoms with van der Waals surface area (Å²) in [6.07, 6.45) is -1.12. The van der Waals surface area contributed by atoms with E-state index in [0.717, 1.165) is 6.07 Å². The summed E-state index contributed by atoms with van der Waals surface area (Å²) in [5.74, 6) is -4.47. The molecule has 3 aromatic carbocycles. The number of nitrogens with zero attached hydrogens (tertiary/aromatic N) is 2. The largest absolute Gasteiger partial charge is 0.488 e. The van der Waals surface area contributed by atoms with Crippen LogP contribution in [0.15, 0.2) is 71.3 Å². The summed E-state index contributed by atoms with van der Waals surface area (Å²) in [6.45, 7) is 1.44. The Morgan fingerprint density at radius 3 is 2.61 bits per heavy atom. The number of hydrogen-bond donors (Lipinski definition) is 0. The number of carbonyl (C=O) groups is 2. The fourth-order valence-electron chi connectivity index (χ4n) is 6.90. The van der Waals surface area contributed by atoms with Crippen LogP contribution in [-0.2, 0) is 10.2 Å². The molecular formula is C30H20ClFN2O7. The molecule has 3 aliphatic rings. The predicted molar refractivity (Wildman–Crippen MR) is 142 cm³/mol. The Morgan fingerprint density at radius 2 is 1.83 bits per heavy atom. The van der Waals surface area contributed by atoms with E-state index in [-0.39, 0.29) is 34.9 Å². The van der Waals surface area contributed by atoms with Crippen molar-refractivity contribution in [3.63, 3.8) is 0 Å². The van der Waals surface area contributed by atoms with Crippen LogP contribution in [0.1, 0.15) is 51.2 Å². The summed E-state index contributed by atoms with van der Waals surface area (Å²) in [7, 11) is 0. The van der Waals surface area contributed by atoms with Crippen molar-refractivity contribution in [3.8, 4) is 11.5 Å². The molecule has 1 aliphatic carbocycles. The van der Waals surface area contributed by atoms with Crippen molar-refractivity contribution in [2.24, 2.45) is 5.92 Å². The van der Waals surface area contributed by atoms with Crippen molar-refractivity contribution >= 4 is 29.0 Å². The number of aromatic nitrogens is 1. The highest BCUT2D eigenvalue weighted by atomic mass is 35.5.